The quantitative estimate of drug-likeness (QED) is 0.494. The van der Waals surface area contributed by atoms with E-state index in [2.05, 4.69) is 20.3 Å². The highest BCUT2D eigenvalue weighted by atomic mass is 19.1. The molecule has 0 fully saturated rings. The predicted molar refractivity (Wildman–Crippen MR) is 114 cm³/mol. The summed E-state index contributed by atoms with van der Waals surface area (Å²) in [4.78, 5) is 17.8. The standard InChI is InChI=1S/C24H21F2N5O/c1-14(17-10-18-12-27-29-21(18)11-17)22(32)13-31-24(16-4-8-20(26)9-5-16)28-23(30-31)15-2-6-19(25)7-3-15/h2-9,12,14,17H,10-11,13H2,1H3,(H,27,29). The first-order chi connectivity index (χ1) is 15.5. The fourth-order valence-corrected chi connectivity index (χ4v) is 4.20. The second kappa shape index (κ2) is 8.11. The first-order valence-corrected chi connectivity index (χ1v) is 10.5. The highest BCUT2D eigenvalue weighted by molar-refractivity contribution is 5.81. The van der Waals surface area contributed by atoms with Gasteiger partial charge in [-0.2, -0.15) is 5.10 Å². The number of halogens is 2. The topological polar surface area (TPSA) is 76.5 Å². The number of carbonyl (C=O) groups is 1. The van der Waals surface area contributed by atoms with Crippen LogP contribution < -0.4 is 0 Å². The maximum atomic E-state index is 13.4. The molecule has 162 valence electrons. The molecule has 1 aliphatic rings. The van der Waals surface area contributed by atoms with Gasteiger partial charge in [0, 0.05) is 22.7 Å². The second-order valence-corrected chi connectivity index (χ2v) is 8.23. The van der Waals surface area contributed by atoms with Crippen LogP contribution in [0.1, 0.15) is 18.2 Å². The number of hydrogen-bond acceptors (Lipinski definition) is 4. The number of Topliss-reactive ketones (excluding diaryl/α,β-unsaturated/α-hetero) is 1. The highest BCUT2D eigenvalue weighted by Gasteiger charge is 2.32. The lowest BCUT2D eigenvalue weighted by Crippen LogP contribution is -2.26. The smallest absolute Gasteiger partial charge is 0.181 e. The molecule has 0 spiro atoms. The molecule has 1 aliphatic carbocycles. The van der Waals surface area contributed by atoms with E-state index in [1.807, 2.05) is 13.1 Å². The Balaban J connectivity index is 1.43. The van der Waals surface area contributed by atoms with E-state index in [1.54, 1.807) is 28.9 Å². The lowest BCUT2D eigenvalue weighted by Gasteiger charge is -2.18. The Hall–Kier alpha value is -3.68. The van der Waals surface area contributed by atoms with Crippen molar-refractivity contribution >= 4 is 5.78 Å². The molecule has 32 heavy (non-hydrogen) atoms. The Kier molecular flexibility index (Phi) is 5.13. The first kappa shape index (κ1) is 20.2. The number of ketones is 1. The number of aromatic amines is 1. The van der Waals surface area contributed by atoms with Crippen molar-refractivity contribution in [2.75, 3.05) is 0 Å². The molecule has 4 aromatic rings. The molecular formula is C24H21F2N5O. The Morgan fingerprint density at radius 2 is 1.72 bits per heavy atom. The van der Waals surface area contributed by atoms with E-state index in [-0.39, 0.29) is 35.8 Å². The van der Waals surface area contributed by atoms with Crippen LogP contribution in [0, 0.1) is 23.5 Å². The van der Waals surface area contributed by atoms with Gasteiger partial charge in [-0.05, 0) is 72.9 Å². The highest BCUT2D eigenvalue weighted by Crippen LogP contribution is 2.31. The summed E-state index contributed by atoms with van der Waals surface area (Å²) in [6.07, 6.45) is 3.44. The van der Waals surface area contributed by atoms with Crippen LogP contribution in [-0.2, 0) is 24.2 Å². The third kappa shape index (κ3) is 3.84. The normalized spacial score (nSPS) is 16.2. The Labute approximate surface area is 183 Å². The monoisotopic (exact) mass is 433 g/mol. The molecule has 0 radical (unpaired) electrons. The summed E-state index contributed by atoms with van der Waals surface area (Å²) < 4.78 is 28.3. The van der Waals surface area contributed by atoms with Gasteiger partial charge in [0.05, 0.1) is 6.20 Å². The van der Waals surface area contributed by atoms with Gasteiger partial charge in [0.2, 0.25) is 0 Å². The molecule has 0 saturated carbocycles. The molecule has 1 N–H and O–H groups in total. The van der Waals surface area contributed by atoms with Crippen molar-refractivity contribution in [3.63, 3.8) is 0 Å². The van der Waals surface area contributed by atoms with Crippen molar-refractivity contribution < 1.29 is 13.6 Å². The van der Waals surface area contributed by atoms with Gasteiger partial charge in [0.1, 0.15) is 18.2 Å². The minimum absolute atomic E-state index is 0.0464. The summed E-state index contributed by atoms with van der Waals surface area (Å²) in [6, 6.07) is 11.8. The van der Waals surface area contributed by atoms with Crippen molar-refractivity contribution in [1.29, 1.82) is 0 Å². The van der Waals surface area contributed by atoms with Crippen LogP contribution in [0.4, 0.5) is 8.78 Å². The van der Waals surface area contributed by atoms with Crippen molar-refractivity contribution in [2.24, 2.45) is 11.8 Å². The number of rotatable bonds is 6. The predicted octanol–water partition coefficient (Wildman–Crippen LogP) is 4.23. The van der Waals surface area contributed by atoms with Gasteiger partial charge in [-0.15, -0.1) is 5.10 Å². The molecular weight excluding hydrogens is 412 g/mol. The van der Waals surface area contributed by atoms with Gasteiger partial charge < -0.3 is 0 Å². The number of benzene rings is 2. The number of fused-ring (bicyclic) bond motifs is 1. The summed E-state index contributed by atoms with van der Waals surface area (Å²) >= 11 is 0. The SMILES string of the molecule is CC(C(=O)Cn1nc(-c2ccc(F)cc2)nc1-c1ccc(F)cc1)C1Cc2cn[nH]c2C1. The van der Waals surface area contributed by atoms with Crippen molar-refractivity contribution in [3.05, 3.63) is 77.6 Å². The number of H-pyrrole nitrogens is 1. The summed E-state index contributed by atoms with van der Waals surface area (Å²) in [5.74, 6) is 0.218. The van der Waals surface area contributed by atoms with E-state index in [9.17, 15) is 13.6 Å². The summed E-state index contributed by atoms with van der Waals surface area (Å²) in [6.45, 7) is 1.99. The van der Waals surface area contributed by atoms with Gasteiger partial charge in [-0.3, -0.25) is 9.89 Å². The zero-order valence-electron chi connectivity index (χ0n) is 17.4. The van der Waals surface area contributed by atoms with E-state index in [1.165, 1.54) is 29.8 Å². The number of aromatic nitrogens is 5. The molecule has 2 heterocycles. The van der Waals surface area contributed by atoms with Crippen molar-refractivity contribution in [1.82, 2.24) is 25.0 Å². The van der Waals surface area contributed by atoms with E-state index in [0.717, 1.165) is 18.5 Å². The van der Waals surface area contributed by atoms with Crippen LogP contribution in [0.15, 0.2) is 54.7 Å². The average Bonchev–Trinajstić information content (AvgIpc) is 3.49. The maximum absolute atomic E-state index is 13.4. The third-order valence-electron chi connectivity index (χ3n) is 6.15. The van der Waals surface area contributed by atoms with Crippen LogP contribution in [0.5, 0.6) is 0 Å². The first-order valence-electron chi connectivity index (χ1n) is 10.5. The Morgan fingerprint density at radius 3 is 2.38 bits per heavy atom. The molecule has 6 nitrogen and oxygen atoms in total. The summed E-state index contributed by atoms with van der Waals surface area (Å²) in [5, 5.41) is 11.6. The van der Waals surface area contributed by atoms with Crippen LogP contribution in [0.3, 0.4) is 0 Å². The molecule has 8 heteroatoms. The molecule has 0 bridgehead atoms. The summed E-state index contributed by atoms with van der Waals surface area (Å²) in [7, 11) is 0. The molecule has 0 saturated heterocycles. The van der Waals surface area contributed by atoms with E-state index in [0.29, 0.717) is 22.8 Å². The number of carbonyl (C=O) groups excluding carboxylic acids is 1. The van der Waals surface area contributed by atoms with E-state index in [4.69, 9.17) is 0 Å². The molecule has 0 amide bonds. The average molecular weight is 433 g/mol. The lowest BCUT2D eigenvalue weighted by atomic mass is 9.88. The van der Waals surface area contributed by atoms with Gasteiger partial charge in [0.15, 0.2) is 17.4 Å². The van der Waals surface area contributed by atoms with Crippen LogP contribution in [0.25, 0.3) is 22.8 Å². The fraction of sp³-hybridized carbons (Fsp3) is 0.250. The van der Waals surface area contributed by atoms with Crippen molar-refractivity contribution in [3.8, 4) is 22.8 Å². The zero-order chi connectivity index (χ0) is 22.2. The van der Waals surface area contributed by atoms with E-state index < -0.39 is 0 Å². The molecule has 2 aromatic heterocycles. The summed E-state index contributed by atoms with van der Waals surface area (Å²) in [5.41, 5.74) is 3.55. The fourth-order valence-electron chi connectivity index (χ4n) is 4.20. The van der Waals surface area contributed by atoms with Gasteiger partial charge in [-0.25, -0.2) is 18.4 Å². The number of nitrogens with one attached hydrogen (secondary N) is 1. The minimum atomic E-state index is -0.359. The van der Waals surface area contributed by atoms with E-state index >= 15 is 0 Å². The van der Waals surface area contributed by atoms with Crippen molar-refractivity contribution in [2.45, 2.75) is 26.3 Å². The number of nitrogens with zero attached hydrogens (tertiary/aromatic N) is 4. The largest absolute Gasteiger partial charge is 0.297 e. The van der Waals surface area contributed by atoms with Gasteiger partial charge in [-0.1, -0.05) is 6.92 Å². The molecule has 2 atom stereocenters. The number of hydrogen-bond donors (Lipinski definition) is 1. The molecule has 2 unspecified atom stereocenters. The molecule has 0 aliphatic heterocycles. The maximum Gasteiger partial charge on any atom is 0.181 e. The molecule has 2 aromatic carbocycles. The lowest BCUT2D eigenvalue weighted by molar-refractivity contribution is -0.124. The van der Waals surface area contributed by atoms with Crippen LogP contribution >= 0.6 is 0 Å². The van der Waals surface area contributed by atoms with Crippen LogP contribution in [0.2, 0.25) is 0 Å². The Morgan fingerprint density at radius 1 is 1.06 bits per heavy atom. The zero-order valence-corrected chi connectivity index (χ0v) is 17.4. The molecule has 5 rings (SSSR count). The minimum Gasteiger partial charge on any atom is -0.297 e. The Bertz CT molecular complexity index is 1240. The van der Waals surface area contributed by atoms with Gasteiger partial charge in [0.25, 0.3) is 0 Å². The van der Waals surface area contributed by atoms with Gasteiger partial charge >= 0.3 is 0 Å². The van der Waals surface area contributed by atoms with Crippen LogP contribution in [-0.4, -0.2) is 30.7 Å². The third-order valence-corrected chi connectivity index (χ3v) is 6.15. The second-order valence-electron chi connectivity index (χ2n) is 8.23.